The fraction of sp³-hybridized carbons (Fsp3) is 0.600. The molecule has 0 unspecified atom stereocenters. The van der Waals surface area contributed by atoms with Crippen molar-refractivity contribution in [1.29, 1.82) is 0 Å². The van der Waals surface area contributed by atoms with Gasteiger partial charge in [-0.1, -0.05) is 18.2 Å². The minimum Gasteiger partial charge on any atom is -0.496 e. The van der Waals surface area contributed by atoms with Gasteiger partial charge >= 0.3 is 6.18 Å². The van der Waals surface area contributed by atoms with Crippen molar-refractivity contribution in [3.8, 4) is 5.75 Å². The molecule has 1 fully saturated rings. The van der Waals surface area contributed by atoms with E-state index in [1.165, 1.54) is 4.90 Å². The molecule has 6 heteroatoms. The summed E-state index contributed by atoms with van der Waals surface area (Å²) in [5.41, 5.74) is 1.06. The molecule has 1 saturated heterocycles. The van der Waals surface area contributed by atoms with Gasteiger partial charge < -0.3 is 10.1 Å². The molecular formula is C15H21F3N2O. The van der Waals surface area contributed by atoms with Gasteiger partial charge in [0.15, 0.2) is 0 Å². The van der Waals surface area contributed by atoms with E-state index in [0.29, 0.717) is 19.6 Å². The number of hydrogen-bond acceptors (Lipinski definition) is 3. The molecule has 0 radical (unpaired) electrons. The summed E-state index contributed by atoms with van der Waals surface area (Å²) in [5.74, 6) is 1.11. The predicted molar refractivity (Wildman–Crippen MR) is 75.3 cm³/mol. The number of benzene rings is 1. The molecule has 0 aliphatic carbocycles. The second-order valence-corrected chi connectivity index (χ2v) is 5.45. The molecule has 0 amide bonds. The molecule has 1 aliphatic heterocycles. The summed E-state index contributed by atoms with van der Waals surface area (Å²) >= 11 is 0. The normalized spacial score (nSPS) is 19.9. The Labute approximate surface area is 123 Å². The van der Waals surface area contributed by atoms with Crippen LogP contribution in [0.2, 0.25) is 0 Å². The van der Waals surface area contributed by atoms with E-state index in [1.54, 1.807) is 7.11 Å². The highest BCUT2D eigenvalue weighted by Gasteiger charge is 2.34. The quantitative estimate of drug-likeness (QED) is 0.874. The van der Waals surface area contributed by atoms with E-state index in [-0.39, 0.29) is 5.92 Å². The van der Waals surface area contributed by atoms with Crippen molar-refractivity contribution in [1.82, 2.24) is 10.2 Å². The minimum absolute atomic E-state index is 0.280. The van der Waals surface area contributed by atoms with Gasteiger partial charge in [-0.3, -0.25) is 4.90 Å². The first-order chi connectivity index (χ1) is 9.98. The number of halogens is 3. The maximum Gasteiger partial charge on any atom is 0.401 e. The number of nitrogens with one attached hydrogen (secondary N) is 1. The molecule has 3 nitrogen and oxygen atoms in total. The fourth-order valence-electron chi connectivity index (χ4n) is 2.74. The van der Waals surface area contributed by atoms with Crippen LogP contribution in [0.5, 0.6) is 5.75 Å². The summed E-state index contributed by atoms with van der Waals surface area (Å²) in [6, 6.07) is 7.74. The van der Waals surface area contributed by atoms with E-state index in [1.807, 2.05) is 24.3 Å². The first-order valence-electron chi connectivity index (χ1n) is 7.09. The first-order valence-corrected chi connectivity index (χ1v) is 7.09. The molecule has 1 aromatic rings. The average Bonchev–Trinajstić information content (AvgIpc) is 2.84. The van der Waals surface area contributed by atoms with E-state index in [4.69, 9.17) is 4.74 Å². The lowest BCUT2D eigenvalue weighted by molar-refractivity contribution is -0.143. The Hall–Kier alpha value is -1.27. The molecule has 1 heterocycles. The largest absolute Gasteiger partial charge is 0.496 e. The molecule has 2 rings (SSSR count). The number of nitrogens with zero attached hydrogens (tertiary/aromatic N) is 1. The van der Waals surface area contributed by atoms with Gasteiger partial charge in [0.05, 0.1) is 13.7 Å². The first kappa shape index (κ1) is 16.1. The van der Waals surface area contributed by atoms with E-state index >= 15 is 0 Å². The van der Waals surface area contributed by atoms with Gasteiger partial charge in [0.25, 0.3) is 0 Å². The summed E-state index contributed by atoms with van der Waals surface area (Å²) in [5, 5.41) is 3.31. The molecular weight excluding hydrogens is 281 g/mol. The number of ether oxygens (including phenoxy) is 1. The van der Waals surface area contributed by atoms with Crippen LogP contribution < -0.4 is 10.1 Å². The number of alkyl halides is 3. The fourth-order valence-corrected chi connectivity index (χ4v) is 2.74. The van der Waals surface area contributed by atoms with Gasteiger partial charge in [-0.2, -0.15) is 13.2 Å². The molecule has 21 heavy (non-hydrogen) atoms. The van der Waals surface area contributed by atoms with Crippen LogP contribution in [0.3, 0.4) is 0 Å². The topological polar surface area (TPSA) is 24.5 Å². The number of methoxy groups -OCH3 is 1. The molecule has 0 aromatic heterocycles. The third-order valence-electron chi connectivity index (χ3n) is 3.71. The highest BCUT2D eigenvalue weighted by atomic mass is 19.4. The van der Waals surface area contributed by atoms with Crippen molar-refractivity contribution in [2.24, 2.45) is 5.92 Å². The van der Waals surface area contributed by atoms with E-state index in [0.717, 1.165) is 24.3 Å². The average molecular weight is 302 g/mol. The second-order valence-electron chi connectivity index (χ2n) is 5.45. The van der Waals surface area contributed by atoms with Crippen molar-refractivity contribution in [3.05, 3.63) is 29.8 Å². The molecule has 0 spiro atoms. The van der Waals surface area contributed by atoms with Crippen molar-refractivity contribution in [2.45, 2.75) is 19.1 Å². The van der Waals surface area contributed by atoms with Crippen molar-refractivity contribution in [3.63, 3.8) is 0 Å². The highest BCUT2D eigenvalue weighted by Crippen LogP contribution is 2.22. The standard InChI is InChI=1S/C15H21F3N2O/c1-21-14-5-3-2-4-13(14)9-19-8-12-6-7-20(10-12)11-15(16,17)18/h2-5,12,19H,6-11H2,1H3/t12-/m1/s1. The maximum atomic E-state index is 12.3. The molecule has 0 bridgehead atoms. The van der Waals surface area contributed by atoms with Gasteiger partial charge in [-0.25, -0.2) is 0 Å². The zero-order valence-corrected chi connectivity index (χ0v) is 12.1. The summed E-state index contributed by atoms with van der Waals surface area (Å²) in [4.78, 5) is 1.48. The van der Waals surface area contributed by atoms with Crippen LogP contribution in [0, 0.1) is 5.92 Å². The zero-order valence-electron chi connectivity index (χ0n) is 12.1. The molecule has 1 aromatic carbocycles. The van der Waals surface area contributed by atoms with Gasteiger partial charge in [0.1, 0.15) is 5.75 Å². The van der Waals surface area contributed by atoms with Crippen LogP contribution in [0.4, 0.5) is 13.2 Å². The van der Waals surface area contributed by atoms with Crippen LogP contribution in [0.25, 0.3) is 0 Å². The number of likely N-dealkylation sites (tertiary alicyclic amines) is 1. The number of rotatable bonds is 6. The maximum absolute atomic E-state index is 12.3. The molecule has 118 valence electrons. The Morgan fingerprint density at radius 1 is 1.33 bits per heavy atom. The predicted octanol–water partition coefficient (Wildman–Crippen LogP) is 2.67. The van der Waals surface area contributed by atoms with Gasteiger partial charge in [-0.15, -0.1) is 0 Å². The monoisotopic (exact) mass is 302 g/mol. The van der Waals surface area contributed by atoms with Crippen LogP contribution in [-0.2, 0) is 6.54 Å². The summed E-state index contributed by atoms with van der Waals surface area (Å²) in [6.45, 7) is 1.64. The van der Waals surface area contributed by atoms with E-state index < -0.39 is 12.7 Å². The Kier molecular flexibility index (Phi) is 5.47. The van der Waals surface area contributed by atoms with Crippen molar-refractivity contribution < 1.29 is 17.9 Å². The molecule has 1 atom stereocenters. The third kappa shape index (κ3) is 5.21. The highest BCUT2D eigenvalue weighted by molar-refractivity contribution is 5.32. The van der Waals surface area contributed by atoms with Gasteiger partial charge in [0, 0.05) is 18.7 Å². The minimum atomic E-state index is -4.10. The number of hydrogen-bond donors (Lipinski definition) is 1. The number of para-hydroxylation sites is 1. The van der Waals surface area contributed by atoms with Crippen molar-refractivity contribution in [2.75, 3.05) is 33.3 Å². The van der Waals surface area contributed by atoms with Crippen LogP contribution in [0.1, 0.15) is 12.0 Å². The summed E-state index contributed by atoms with van der Waals surface area (Å²) < 4.78 is 42.2. The van der Waals surface area contributed by atoms with Crippen molar-refractivity contribution >= 4 is 0 Å². The van der Waals surface area contributed by atoms with Crippen LogP contribution in [0.15, 0.2) is 24.3 Å². The molecule has 1 aliphatic rings. The summed E-state index contributed by atoms with van der Waals surface area (Å²) in [6.07, 6.45) is -3.28. The molecule has 0 saturated carbocycles. The Bertz CT molecular complexity index is 451. The second kappa shape index (κ2) is 7.13. The lowest BCUT2D eigenvalue weighted by atomic mass is 10.1. The lowest BCUT2D eigenvalue weighted by Crippen LogP contribution is -2.33. The van der Waals surface area contributed by atoms with Crippen LogP contribution >= 0.6 is 0 Å². The van der Waals surface area contributed by atoms with Crippen LogP contribution in [-0.4, -0.2) is 44.4 Å². The smallest absolute Gasteiger partial charge is 0.401 e. The lowest BCUT2D eigenvalue weighted by Gasteiger charge is -2.18. The van der Waals surface area contributed by atoms with Gasteiger partial charge in [-0.05, 0) is 31.5 Å². The van der Waals surface area contributed by atoms with Gasteiger partial charge in [0.2, 0.25) is 0 Å². The summed E-state index contributed by atoms with van der Waals surface area (Å²) in [7, 11) is 1.63. The van der Waals surface area contributed by atoms with E-state index in [9.17, 15) is 13.2 Å². The SMILES string of the molecule is COc1ccccc1CNC[C@H]1CCN(CC(F)(F)F)C1. The Balaban J connectivity index is 1.72. The Morgan fingerprint density at radius 3 is 2.81 bits per heavy atom. The molecule has 1 N–H and O–H groups in total. The Morgan fingerprint density at radius 2 is 2.10 bits per heavy atom. The third-order valence-corrected chi connectivity index (χ3v) is 3.71. The zero-order chi connectivity index (χ0) is 15.3. The van der Waals surface area contributed by atoms with E-state index in [2.05, 4.69) is 5.32 Å².